The van der Waals surface area contributed by atoms with Crippen LogP contribution in [0, 0.1) is 0 Å². The van der Waals surface area contributed by atoms with Crippen LogP contribution in [0.5, 0.6) is 0 Å². The van der Waals surface area contributed by atoms with Crippen molar-refractivity contribution in [1.82, 2.24) is 4.98 Å². The molecule has 2 rings (SSSR count). The zero-order valence-electron chi connectivity index (χ0n) is 9.85. The molecule has 0 aliphatic heterocycles. The second kappa shape index (κ2) is 4.43. The van der Waals surface area contributed by atoms with Gasteiger partial charge < -0.3 is 0 Å². The summed E-state index contributed by atoms with van der Waals surface area (Å²) in [5, 5.41) is 0.865. The molecule has 1 nitrogen and oxygen atoms in total. The van der Waals surface area contributed by atoms with Gasteiger partial charge in [0.25, 0.3) is 0 Å². The minimum absolute atomic E-state index is 0.0338. The molecule has 0 aliphatic rings. The van der Waals surface area contributed by atoms with Crippen LogP contribution in [-0.4, -0.2) is 4.98 Å². The molecule has 0 saturated heterocycles. The molecule has 1 aromatic heterocycles. The van der Waals surface area contributed by atoms with E-state index in [9.17, 15) is 13.2 Å². The van der Waals surface area contributed by atoms with Gasteiger partial charge >= 0.3 is 6.18 Å². The molecule has 0 atom stereocenters. The van der Waals surface area contributed by atoms with Crippen LogP contribution in [0.15, 0.2) is 24.4 Å². The number of pyridine rings is 1. The predicted molar refractivity (Wildman–Crippen MR) is 65.8 cm³/mol. The number of rotatable bonds is 1. The monoisotopic (exact) mass is 273 g/mol. The SMILES string of the molecule is CC(C)c1c(Cl)cnc2c(C(F)(F)F)cccc12. The molecule has 0 bridgehead atoms. The Hall–Kier alpha value is -1.29. The minimum atomic E-state index is -4.41. The number of fused-ring (bicyclic) bond motifs is 1. The molecule has 1 aromatic carbocycles. The summed E-state index contributed by atoms with van der Waals surface area (Å²) in [6.45, 7) is 3.78. The zero-order chi connectivity index (χ0) is 13.5. The van der Waals surface area contributed by atoms with E-state index in [4.69, 9.17) is 11.6 Å². The van der Waals surface area contributed by atoms with Crippen molar-refractivity contribution in [2.45, 2.75) is 25.9 Å². The highest BCUT2D eigenvalue weighted by Gasteiger charge is 2.33. The van der Waals surface area contributed by atoms with Crippen LogP contribution in [0.1, 0.15) is 30.9 Å². The van der Waals surface area contributed by atoms with Gasteiger partial charge in [-0.25, -0.2) is 0 Å². The second-order valence-electron chi connectivity index (χ2n) is 4.37. The number of para-hydroxylation sites is 1. The Kier molecular flexibility index (Phi) is 3.23. The number of nitrogens with zero attached hydrogens (tertiary/aromatic N) is 1. The van der Waals surface area contributed by atoms with Gasteiger partial charge in [0.05, 0.1) is 16.1 Å². The van der Waals surface area contributed by atoms with Crippen molar-refractivity contribution >= 4 is 22.5 Å². The molecule has 0 unspecified atom stereocenters. The van der Waals surface area contributed by atoms with Gasteiger partial charge in [0.2, 0.25) is 0 Å². The van der Waals surface area contributed by atoms with Gasteiger partial charge in [-0.15, -0.1) is 0 Å². The van der Waals surface area contributed by atoms with Crippen LogP contribution in [0.4, 0.5) is 13.2 Å². The number of hydrogen-bond donors (Lipinski definition) is 0. The fraction of sp³-hybridized carbons (Fsp3) is 0.308. The molecular weight excluding hydrogens is 263 g/mol. The Bertz CT molecular complexity index is 591. The largest absolute Gasteiger partial charge is 0.418 e. The number of alkyl halides is 3. The topological polar surface area (TPSA) is 12.9 Å². The van der Waals surface area contributed by atoms with E-state index in [1.165, 1.54) is 12.3 Å². The molecule has 0 fully saturated rings. The quantitative estimate of drug-likeness (QED) is 0.710. The first-order valence-electron chi connectivity index (χ1n) is 5.46. The molecule has 1 heterocycles. The molecule has 0 N–H and O–H groups in total. The lowest BCUT2D eigenvalue weighted by Crippen LogP contribution is -2.07. The minimum Gasteiger partial charge on any atom is -0.254 e. The third-order valence-electron chi connectivity index (χ3n) is 2.77. The fourth-order valence-electron chi connectivity index (χ4n) is 2.03. The van der Waals surface area contributed by atoms with Gasteiger partial charge in [0, 0.05) is 11.6 Å². The number of benzene rings is 1. The van der Waals surface area contributed by atoms with Gasteiger partial charge in [0.1, 0.15) is 0 Å². The van der Waals surface area contributed by atoms with Crippen LogP contribution in [0.3, 0.4) is 0 Å². The smallest absolute Gasteiger partial charge is 0.254 e. The van der Waals surface area contributed by atoms with Crippen LogP contribution in [-0.2, 0) is 6.18 Å². The normalized spacial score (nSPS) is 12.4. The van der Waals surface area contributed by atoms with Gasteiger partial charge in [-0.05, 0) is 17.5 Å². The molecule has 5 heteroatoms. The van der Waals surface area contributed by atoms with Crippen molar-refractivity contribution in [2.24, 2.45) is 0 Å². The molecule has 2 aromatic rings. The Balaban J connectivity index is 2.86. The van der Waals surface area contributed by atoms with E-state index in [2.05, 4.69) is 4.98 Å². The van der Waals surface area contributed by atoms with Crippen molar-refractivity contribution in [3.8, 4) is 0 Å². The third-order valence-corrected chi connectivity index (χ3v) is 3.07. The molecular formula is C13H11ClF3N. The fourth-order valence-corrected chi connectivity index (χ4v) is 2.40. The van der Waals surface area contributed by atoms with Crippen LogP contribution in [0.2, 0.25) is 5.02 Å². The Morgan fingerprint density at radius 1 is 1.22 bits per heavy atom. The number of halogens is 4. The lowest BCUT2D eigenvalue weighted by Gasteiger charge is -2.15. The Morgan fingerprint density at radius 2 is 1.89 bits per heavy atom. The third kappa shape index (κ3) is 2.17. The molecule has 96 valence electrons. The number of aromatic nitrogens is 1. The van der Waals surface area contributed by atoms with Gasteiger partial charge in [-0.3, -0.25) is 4.98 Å². The highest BCUT2D eigenvalue weighted by molar-refractivity contribution is 6.32. The lowest BCUT2D eigenvalue weighted by molar-refractivity contribution is -0.136. The van der Waals surface area contributed by atoms with E-state index in [0.29, 0.717) is 16.0 Å². The maximum atomic E-state index is 12.9. The standard InChI is InChI=1S/C13H11ClF3N/c1-7(2)11-8-4-3-5-9(13(15,16)17)12(8)18-6-10(11)14/h3-7H,1-2H3. The molecule has 0 aliphatic carbocycles. The first-order valence-corrected chi connectivity index (χ1v) is 5.84. The van der Waals surface area contributed by atoms with Crippen molar-refractivity contribution in [2.75, 3.05) is 0 Å². The number of hydrogen-bond acceptors (Lipinski definition) is 1. The van der Waals surface area contributed by atoms with E-state index >= 15 is 0 Å². The van der Waals surface area contributed by atoms with Crippen molar-refractivity contribution in [3.63, 3.8) is 0 Å². The van der Waals surface area contributed by atoms with Crippen LogP contribution >= 0.6 is 11.6 Å². The van der Waals surface area contributed by atoms with Crippen LogP contribution in [0.25, 0.3) is 10.9 Å². The predicted octanol–water partition coefficient (Wildman–Crippen LogP) is 5.03. The molecule has 18 heavy (non-hydrogen) atoms. The Morgan fingerprint density at radius 3 is 2.44 bits per heavy atom. The molecule has 0 saturated carbocycles. The van der Waals surface area contributed by atoms with Gasteiger partial charge in [-0.2, -0.15) is 13.2 Å². The maximum absolute atomic E-state index is 12.9. The average molecular weight is 274 g/mol. The van der Waals surface area contributed by atoms with Gasteiger partial charge in [-0.1, -0.05) is 37.6 Å². The van der Waals surface area contributed by atoms with E-state index in [0.717, 1.165) is 6.07 Å². The summed E-state index contributed by atoms with van der Waals surface area (Å²) in [5.41, 5.74) is -0.0653. The highest BCUT2D eigenvalue weighted by Crippen LogP contribution is 2.37. The molecule has 0 radical (unpaired) electrons. The summed E-state index contributed by atoms with van der Waals surface area (Å²) < 4.78 is 38.6. The summed E-state index contributed by atoms with van der Waals surface area (Å²) in [5.74, 6) is 0.0338. The van der Waals surface area contributed by atoms with E-state index < -0.39 is 11.7 Å². The van der Waals surface area contributed by atoms with Crippen LogP contribution < -0.4 is 0 Å². The molecule has 0 spiro atoms. The van der Waals surface area contributed by atoms with Crippen molar-refractivity contribution in [3.05, 3.63) is 40.5 Å². The summed E-state index contributed by atoms with van der Waals surface area (Å²) in [4.78, 5) is 3.84. The van der Waals surface area contributed by atoms with E-state index in [1.54, 1.807) is 6.07 Å². The Labute approximate surface area is 108 Å². The maximum Gasteiger partial charge on any atom is 0.418 e. The zero-order valence-corrected chi connectivity index (χ0v) is 10.6. The first-order chi connectivity index (χ1) is 8.32. The summed E-state index contributed by atoms with van der Waals surface area (Å²) in [7, 11) is 0. The van der Waals surface area contributed by atoms with E-state index in [-0.39, 0.29) is 11.4 Å². The first kappa shape index (κ1) is 13.1. The highest BCUT2D eigenvalue weighted by atomic mass is 35.5. The van der Waals surface area contributed by atoms with Crippen molar-refractivity contribution in [1.29, 1.82) is 0 Å². The summed E-state index contributed by atoms with van der Waals surface area (Å²) in [6.07, 6.45) is -3.12. The van der Waals surface area contributed by atoms with E-state index in [1.807, 2.05) is 13.8 Å². The van der Waals surface area contributed by atoms with Gasteiger partial charge in [0.15, 0.2) is 0 Å². The average Bonchev–Trinajstić information content (AvgIpc) is 2.25. The molecule has 0 amide bonds. The second-order valence-corrected chi connectivity index (χ2v) is 4.78. The summed E-state index contributed by atoms with van der Waals surface area (Å²) in [6, 6.07) is 4.04. The van der Waals surface area contributed by atoms with Crippen molar-refractivity contribution < 1.29 is 13.2 Å². The summed E-state index contributed by atoms with van der Waals surface area (Å²) >= 11 is 6.02. The lowest BCUT2D eigenvalue weighted by atomic mass is 9.97.